The van der Waals surface area contributed by atoms with Crippen LogP contribution in [0.25, 0.3) is 0 Å². The van der Waals surface area contributed by atoms with Crippen LogP contribution in [0.3, 0.4) is 0 Å². The van der Waals surface area contributed by atoms with Gasteiger partial charge in [0.15, 0.2) is 5.78 Å². The molecule has 0 aliphatic carbocycles. The minimum atomic E-state index is 0.143. The summed E-state index contributed by atoms with van der Waals surface area (Å²) < 4.78 is 0. The van der Waals surface area contributed by atoms with Crippen LogP contribution in [0.4, 0.5) is 0 Å². The summed E-state index contributed by atoms with van der Waals surface area (Å²) >= 11 is 5.92. The molecule has 2 aromatic rings. The molecular formula is C18H20ClNO. The Morgan fingerprint density at radius 1 is 1.10 bits per heavy atom. The highest BCUT2D eigenvalue weighted by atomic mass is 35.5. The molecule has 0 fully saturated rings. The fraction of sp³-hybridized carbons (Fsp3) is 0.278. The zero-order valence-electron chi connectivity index (χ0n) is 12.3. The van der Waals surface area contributed by atoms with Crippen LogP contribution in [-0.2, 0) is 6.54 Å². The van der Waals surface area contributed by atoms with Gasteiger partial charge in [0.1, 0.15) is 0 Å². The SMILES string of the molecule is CCN(CCC(=O)c1cccc(Cl)c1)Cc1ccccc1. The molecule has 3 heteroatoms. The Balaban J connectivity index is 1.89. The average molecular weight is 302 g/mol. The molecule has 0 spiro atoms. The largest absolute Gasteiger partial charge is 0.299 e. The summed E-state index contributed by atoms with van der Waals surface area (Å²) in [6.45, 7) is 4.68. The minimum Gasteiger partial charge on any atom is -0.299 e. The average Bonchev–Trinajstić information content (AvgIpc) is 2.52. The third-order valence-corrected chi connectivity index (χ3v) is 3.73. The molecule has 2 nitrogen and oxygen atoms in total. The molecule has 0 N–H and O–H groups in total. The van der Waals surface area contributed by atoms with Crippen molar-refractivity contribution < 1.29 is 4.79 Å². The first-order valence-electron chi connectivity index (χ1n) is 7.24. The van der Waals surface area contributed by atoms with Crippen LogP contribution in [0.5, 0.6) is 0 Å². The van der Waals surface area contributed by atoms with E-state index in [0.29, 0.717) is 17.0 Å². The van der Waals surface area contributed by atoms with Crippen LogP contribution in [-0.4, -0.2) is 23.8 Å². The predicted molar refractivity (Wildman–Crippen MR) is 87.8 cm³/mol. The lowest BCUT2D eigenvalue weighted by Crippen LogP contribution is -2.25. The van der Waals surface area contributed by atoms with Crippen molar-refractivity contribution in [2.75, 3.05) is 13.1 Å². The number of ketones is 1. The molecule has 0 amide bonds. The van der Waals surface area contributed by atoms with E-state index in [1.165, 1.54) is 5.56 Å². The molecule has 0 unspecified atom stereocenters. The number of carbonyl (C=O) groups is 1. The van der Waals surface area contributed by atoms with E-state index < -0.39 is 0 Å². The Hall–Kier alpha value is -1.64. The van der Waals surface area contributed by atoms with Crippen LogP contribution in [0.15, 0.2) is 54.6 Å². The van der Waals surface area contributed by atoms with Gasteiger partial charge < -0.3 is 0 Å². The van der Waals surface area contributed by atoms with Crippen molar-refractivity contribution in [2.45, 2.75) is 19.9 Å². The van der Waals surface area contributed by atoms with Gasteiger partial charge in [-0.3, -0.25) is 9.69 Å². The Bertz CT molecular complexity index is 583. The second kappa shape index (κ2) is 7.96. The maximum atomic E-state index is 12.2. The van der Waals surface area contributed by atoms with Gasteiger partial charge in [0, 0.05) is 30.1 Å². The maximum absolute atomic E-state index is 12.2. The molecule has 0 aliphatic heterocycles. The lowest BCUT2D eigenvalue weighted by Gasteiger charge is -2.20. The minimum absolute atomic E-state index is 0.143. The second-order valence-corrected chi connectivity index (χ2v) is 5.47. The summed E-state index contributed by atoms with van der Waals surface area (Å²) in [5, 5.41) is 0.609. The normalized spacial score (nSPS) is 10.8. The van der Waals surface area contributed by atoms with Crippen molar-refractivity contribution in [3.63, 3.8) is 0 Å². The van der Waals surface area contributed by atoms with Crippen molar-refractivity contribution in [1.82, 2.24) is 4.90 Å². The fourth-order valence-electron chi connectivity index (χ4n) is 2.26. The maximum Gasteiger partial charge on any atom is 0.164 e. The fourth-order valence-corrected chi connectivity index (χ4v) is 2.45. The third-order valence-electron chi connectivity index (χ3n) is 3.50. The molecule has 0 heterocycles. The topological polar surface area (TPSA) is 20.3 Å². The summed E-state index contributed by atoms with van der Waals surface area (Å²) in [4.78, 5) is 14.5. The van der Waals surface area contributed by atoms with Gasteiger partial charge in [-0.1, -0.05) is 61.0 Å². The van der Waals surface area contributed by atoms with Crippen LogP contribution >= 0.6 is 11.6 Å². The molecule has 110 valence electrons. The van der Waals surface area contributed by atoms with Gasteiger partial charge in [-0.25, -0.2) is 0 Å². The monoisotopic (exact) mass is 301 g/mol. The molecule has 0 radical (unpaired) electrons. The highest BCUT2D eigenvalue weighted by Crippen LogP contribution is 2.13. The van der Waals surface area contributed by atoms with Gasteiger partial charge in [-0.05, 0) is 24.2 Å². The lowest BCUT2D eigenvalue weighted by atomic mass is 10.1. The van der Waals surface area contributed by atoms with E-state index in [9.17, 15) is 4.79 Å². The van der Waals surface area contributed by atoms with E-state index in [1.807, 2.05) is 30.3 Å². The van der Waals surface area contributed by atoms with Gasteiger partial charge in [0.05, 0.1) is 0 Å². The van der Waals surface area contributed by atoms with E-state index in [0.717, 1.165) is 19.6 Å². The van der Waals surface area contributed by atoms with E-state index in [4.69, 9.17) is 11.6 Å². The van der Waals surface area contributed by atoms with E-state index in [1.54, 1.807) is 12.1 Å². The third kappa shape index (κ3) is 5.00. The summed E-state index contributed by atoms with van der Waals surface area (Å²) in [5.41, 5.74) is 1.97. The molecule has 0 saturated heterocycles. The lowest BCUT2D eigenvalue weighted by molar-refractivity contribution is 0.0963. The molecule has 0 aromatic heterocycles. The highest BCUT2D eigenvalue weighted by molar-refractivity contribution is 6.31. The number of benzene rings is 2. The van der Waals surface area contributed by atoms with Crippen LogP contribution in [0, 0.1) is 0 Å². The molecule has 0 bridgehead atoms. The summed E-state index contributed by atoms with van der Waals surface area (Å²) in [6.07, 6.45) is 0.515. The molecule has 0 atom stereocenters. The summed E-state index contributed by atoms with van der Waals surface area (Å²) in [5.74, 6) is 0.143. The van der Waals surface area contributed by atoms with Crippen LogP contribution < -0.4 is 0 Å². The van der Waals surface area contributed by atoms with Crippen LogP contribution in [0.1, 0.15) is 29.3 Å². The quantitative estimate of drug-likeness (QED) is 0.705. The molecule has 21 heavy (non-hydrogen) atoms. The first kappa shape index (κ1) is 15.7. The van der Waals surface area contributed by atoms with Gasteiger partial charge >= 0.3 is 0 Å². The molecular weight excluding hydrogens is 282 g/mol. The molecule has 0 aliphatic rings. The standard InChI is InChI=1S/C18H20ClNO/c1-2-20(14-15-7-4-3-5-8-15)12-11-18(21)16-9-6-10-17(19)13-16/h3-10,13H,2,11-12,14H2,1H3. The number of hydrogen-bond donors (Lipinski definition) is 0. The predicted octanol–water partition coefficient (Wildman–Crippen LogP) is 4.43. The van der Waals surface area contributed by atoms with E-state index >= 15 is 0 Å². The Kier molecular flexibility index (Phi) is 5.97. The number of halogens is 1. The summed E-state index contributed by atoms with van der Waals surface area (Å²) in [6, 6.07) is 17.5. The van der Waals surface area contributed by atoms with Crippen molar-refractivity contribution in [2.24, 2.45) is 0 Å². The summed E-state index contributed by atoms with van der Waals surface area (Å²) in [7, 11) is 0. The van der Waals surface area contributed by atoms with Gasteiger partial charge in [-0.2, -0.15) is 0 Å². The number of carbonyl (C=O) groups excluding carboxylic acids is 1. The number of hydrogen-bond acceptors (Lipinski definition) is 2. The first-order chi connectivity index (χ1) is 10.2. The Morgan fingerprint density at radius 2 is 1.86 bits per heavy atom. The van der Waals surface area contributed by atoms with Crippen molar-refractivity contribution >= 4 is 17.4 Å². The zero-order chi connectivity index (χ0) is 15.1. The van der Waals surface area contributed by atoms with Crippen molar-refractivity contribution in [3.05, 3.63) is 70.7 Å². The molecule has 2 aromatic carbocycles. The zero-order valence-corrected chi connectivity index (χ0v) is 13.0. The number of Topliss-reactive ketones (excluding diaryl/α,β-unsaturated/α-hetero) is 1. The highest BCUT2D eigenvalue weighted by Gasteiger charge is 2.10. The Morgan fingerprint density at radius 3 is 2.52 bits per heavy atom. The number of nitrogens with zero attached hydrogens (tertiary/aromatic N) is 1. The van der Waals surface area contributed by atoms with Gasteiger partial charge in [0.2, 0.25) is 0 Å². The van der Waals surface area contributed by atoms with Gasteiger partial charge in [-0.15, -0.1) is 0 Å². The van der Waals surface area contributed by atoms with Crippen molar-refractivity contribution in [1.29, 1.82) is 0 Å². The first-order valence-corrected chi connectivity index (χ1v) is 7.62. The molecule has 2 rings (SSSR count). The van der Waals surface area contributed by atoms with E-state index in [-0.39, 0.29) is 5.78 Å². The van der Waals surface area contributed by atoms with Crippen LogP contribution in [0.2, 0.25) is 5.02 Å². The Labute approximate surface area is 131 Å². The van der Waals surface area contributed by atoms with Gasteiger partial charge in [0.25, 0.3) is 0 Å². The number of rotatable bonds is 7. The van der Waals surface area contributed by atoms with E-state index in [2.05, 4.69) is 24.0 Å². The smallest absolute Gasteiger partial charge is 0.164 e. The molecule has 0 saturated carbocycles. The second-order valence-electron chi connectivity index (χ2n) is 5.04. The van der Waals surface area contributed by atoms with Crippen molar-refractivity contribution in [3.8, 4) is 0 Å².